The molecule has 0 atom stereocenters. The first-order valence-electron chi connectivity index (χ1n) is 4.48. The van der Waals surface area contributed by atoms with Crippen molar-refractivity contribution >= 4 is 48.9 Å². The molecule has 2 nitrogen and oxygen atoms in total. The predicted octanol–water partition coefficient (Wildman–Crippen LogP) is 1.04. The molecule has 1 heterocycles. The molecule has 0 fully saturated rings. The van der Waals surface area contributed by atoms with Crippen LogP contribution in [0, 0.1) is 0 Å². The molecule has 0 amide bonds. The average Bonchev–Trinajstić information content (AvgIpc) is 2.54. The average molecular weight is 317 g/mol. The minimum absolute atomic E-state index is 0.425. The second-order valence-electron chi connectivity index (χ2n) is 3.09. The van der Waals surface area contributed by atoms with Gasteiger partial charge >= 0.3 is 101 Å². The molecule has 0 saturated carbocycles. The molecule has 1 aromatic carbocycles. The van der Waals surface area contributed by atoms with Gasteiger partial charge in [0.15, 0.2) is 0 Å². The van der Waals surface area contributed by atoms with Crippen molar-refractivity contribution in [2.45, 2.75) is 0 Å². The number of alkyl halides is 1. The minimum atomic E-state index is 0.425. The van der Waals surface area contributed by atoms with Crippen LogP contribution >= 0.6 is 11.6 Å². The molecule has 14 heavy (non-hydrogen) atoms. The van der Waals surface area contributed by atoms with Gasteiger partial charge in [0.25, 0.3) is 0 Å². The van der Waals surface area contributed by atoms with E-state index in [-0.39, 0.29) is 0 Å². The van der Waals surface area contributed by atoms with Gasteiger partial charge in [0.05, 0.1) is 0 Å². The molecule has 0 unspecified atom stereocenters. The number of halogens is 1. The third-order valence-electron chi connectivity index (χ3n) is 1.96. The van der Waals surface area contributed by atoms with Crippen molar-refractivity contribution in [2.24, 2.45) is 0 Å². The summed E-state index contributed by atoms with van der Waals surface area (Å²) in [7, 11) is 0. The van der Waals surface area contributed by atoms with Gasteiger partial charge in [-0.2, -0.15) is 0 Å². The summed E-state index contributed by atoms with van der Waals surface area (Å²) in [5, 5.41) is 1.12. The van der Waals surface area contributed by atoms with Crippen molar-refractivity contribution in [3.63, 3.8) is 0 Å². The second-order valence-corrected chi connectivity index (χ2v) is 6.29. The summed E-state index contributed by atoms with van der Waals surface area (Å²) in [5.74, 6) is 1.37. The maximum atomic E-state index is 5.54. The number of benzene rings is 1. The quantitative estimate of drug-likeness (QED) is 0.623. The fraction of sp³-hybridized carbons (Fsp3) is 0.200. The Hall–Kier alpha value is -0.351. The zero-order chi connectivity index (χ0) is 9.97. The Bertz CT molecular complexity index is 439. The van der Waals surface area contributed by atoms with E-state index in [4.69, 9.17) is 20.8 Å². The molecule has 0 spiro atoms. The van der Waals surface area contributed by atoms with Crippen LogP contribution in [0.5, 0.6) is 5.75 Å². The summed E-state index contributed by atoms with van der Waals surface area (Å²) in [6, 6.07) is 7.92. The van der Waals surface area contributed by atoms with E-state index < -0.39 is 0 Å². The Morgan fingerprint density at radius 3 is 3.00 bits per heavy atom. The standard InChI is InChI=1S/C10H8ClO2.Sn.3H/c11-4-6-12-9-1-2-10-8(7-9)3-5-13-10;;;;/h1-3,7H,4,6H2;;;;. The first kappa shape index (κ1) is 10.2. The first-order valence-corrected chi connectivity index (χ1v) is 7.87. The monoisotopic (exact) mass is 318 g/mol. The zero-order valence-electron chi connectivity index (χ0n) is 7.92. The Kier molecular flexibility index (Phi) is 3.23. The maximum absolute atomic E-state index is 5.54. The number of furan rings is 1. The van der Waals surface area contributed by atoms with E-state index >= 15 is 0 Å². The van der Waals surface area contributed by atoms with Crippen LogP contribution < -0.4 is 8.51 Å². The van der Waals surface area contributed by atoms with Gasteiger partial charge in [-0.05, 0) is 0 Å². The molecular formula is C10H11ClO2Sn. The molecule has 0 radical (unpaired) electrons. The van der Waals surface area contributed by atoms with Gasteiger partial charge in [-0.25, -0.2) is 0 Å². The van der Waals surface area contributed by atoms with Crippen LogP contribution in [0.25, 0.3) is 11.0 Å². The molecule has 74 valence electrons. The van der Waals surface area contributed by atoms with Crippen molar-refractivity contribution in [1.82, 2.24) is 0 Å². The first-order chi connectivity index (χ1) is 6.79. The van der Waals surface area contributed by atoms with Crippen LogP contribution in [0.1, 0.15) is 0 Å². The molecule has 2 aromatic rings. The van der Waals surface area contributed by atoms with Crippen LogP contribution in [-0.4, -0.2) is 35.0 Å². The SMILES string of the molecule is ClCCOc1ccc2o[c]([SnH3])cc2c1. The van der Waals surface area contributed by atoms with Crippen molar-refractivity contribution in [1.29, 1.82) is 0 Å². The van der Waals surface area contributed by atoms with E-state index in [0.717, 1.165) is 20.5 Å². The van der Waals surface area contributed by atoms with E-state index in [0.29, 0.717) is 35.0 Å². The van der Waals surface area contributed by atoms with E-state index in [1.807, 2.05) is 18.2 Å². The number of hydrogen-bond donors (Lipinski definition) is 0. The number of rotatable bonds is 3. The van der Waals surface area contributed by atoms with E-state index in [1.54, 1.807) is 0 Å². The van der Waals surface area contributed by atoms with Crippen LogP contribution in [0.3, 0.4) is 0 Å². The van der Waals surface area contributed by atoms with Crippen LogP contribution in [0.2, 0.25) is 0 Å². The number of ether oxygens (including phenoxy) is 1. The number of hydrogen-bond acceptors (Lipinski definition) is 2. The molecule has 0 N–H and O–H groups in total. The Morgan fingerprint density at radius 2 is 2.21 bits per heavy atom. The van der Waals surface area contributed by atoms with Crippen molar-refractivity contribution in [3.8, 4) is 5.75 Å². The molecule has 0 aliphatic heterocycles. The summed E-state index contributed by atoms with van der Waals surface area (Å²) in [6.07, 6.45) is 0. The molecular weight excluding hydrogens is 306 g/mol. The second kappa shape index (κ2) is 4.45. The van der Waals surface area contributed by atoms with Crippen molar-refractivity contribution < 1.29 is 9.15 Å². The summed E-state index contributed by atoms with van der Waals surface area (Å²) < 4.78 is 12.1. The molecule has 0 saturated heterocycles. The topological polar surface area (TPSA) is 22.4 Å². The summed E-state index contributed by atoms with van der Waals surface area (Å²) >= 11 is 5.96. The van der Waals surface area contributed by atoms with E-state index in [2.05, 4.69) is 6.07 Å². The molecule has 0 bridgehead atoms. The Labute approximate surface area is 100 Å². The number of fused-ring (bicyclic) bond motifs is 1. The Balaban J connectivity index is 2.31. The van der Waals surface area contributed by atoms with Gasteiger partial charge in [0.1, 0.15) is 0 Å². The van der Waals surface area contributed by atoms with E-state index in [9.17, 15) is 0 Å². The van der Waals surface area contributed by atoms with E-state index in [1.165, 1.54) is 0 Å². The third kappa shape index (κ3) is 2.17. The zero-order valence-corrected chi connectivity index (χ0v) is 14.4. The van der Waals surface area contributed by atoms with Gasteiger partial charge in [-0.15, -0.1) is 0 Å². The van der Waals surface area contributed by atoms with Gasteiger partial charge in [-0.3, -0.25) is 0 Å². The molecule has 0 aliphatic carbocycles. The van der Waals surface area contributed by atoms with Crippen LogP contribution in [-0.2, 0) is 0 Å². The Morgan fingerprint density at radius 1 is 1.36 bits per heavy atom. The van der Waals surface area contributed by atoms with Crippen molar-refractivity contribution in [2.75, 3.05) is 12.5 Å². The predicted molar refractivity (Wildman–Crippen MR) is 62.0 cm³/mol. The van der Waals surface area contributed by atoms with Crippen molar-refractivity contribution in [3.05, 3.63) is 24.3 Å². The molecule has 1 aromatic heterocycles. The molecule has 0 aliphatic rings. The normalized spacial score (nSPS) is 10.9. The fourth-order valence-corrected chi connectivity index (χ4v) is 2.99. The third-order valence-corrected chi connectivity index (χ3v) is 3.52. The van der Waals surface area contributed by atoms with Gasteiger partial charge in [0, 0.05) is 0 Å². The van der Waals surface area contributed by atoms with Crippen LogP contribution in [0.15, 0.2) is 28.7 Å². The van der Waals surface area contributed by atoms with Gasteiger partial charge in [-0.1, -0.05) is 0 Å². The summed E-state index contributed by atoms with van der Waals surface area (Å²) in [4.78, 5) is 0. The molecule has 2 rings (SSSR count). The fourth-order valence-electron chi connectivity index (χ4n) is 1.40. The van der Waals surface area contributed by atoms with Gasteiger partial charge < -0.3 is 0 Å². The van der Waals surface area contributed by atoms with Gasteiger partial charge in [0.2, 0.25) is 0 Å². The summed E-state index contributed by atoms with van der Waals surface area (Å²) in [6.45, 7) is 0.545. The van der Waals surface area contributed by atoms with Crippen LogP contribution in [0.4, 0.5) is 0 Å². The molecule has 4 heteroatoms. The summed E-state index contributed by atoms with van der Waals surface area (Å²) in [5.41, 5.74) is 0.942.